The first-order valence-corrected chi connectivity index (χ1v) is 7.91. The molecule has 0 aliphatic rings. The molecule has 0 unspecified atom stereocenters. The number of carboxylic acid groups (broad SMARTS) is 4. The first-order valence-electron chi connectivity index (χ1n) is 7.91. The largest absolute Gasteiger partial charge is 2.00 e. The zero-order valence-electron chi connectivity index (χ0n) is 17.0. The van der Waals surface area contributed by atoms with Gasteiger partial charge in [-0.25, -0.2) is 9.97 Å². The molecule has 0 aliphatic carbocycles. The maximum absolute atomic E-state index is 10.2. The second-order valence-corrected chi connectivity index (χ2v) is 5.36. The number of hydrogen-bond donors (Lipinski definition) is 2. The summed E-state index contributed by atoms with van der Waals surface area (Å²) in [5.41, 5.74) is 5.64. The van der Waals surface area contributed by atoms with Crippen LogP contribution in [0.2, 0.25) is 0 Å². The monoisotopic (exact) mass is 556 g/mol. The van der Waals surface area contributed by atoms with E-state index in [2.05, 4.69) is 21.4 Å². The number of hydrogen-bond acceptors (Lipinski definition) is 10. The molecule has 0 bridgehead atoms. The van der Waals surface area contributed by atoms with Crippen LogP contribution in [0.1, 0.15) is 48.9 Å². The summed E-state index contributed by atoms with van der Waals surface area (Å²) in [7, 11) is 0. The van der Waals surface area contributed by atoms with Gasteiger partial charge >= 0.3 is 27.3 Å². The molecule has 2 rings (SSSR count). The van der Waals surface area contributed by atoms with Crippen LogP contribution in [0.4, 0.5) is 0 Å². The van der Waals surface area contributed by atoms with E-state index in [9.17, 15) is 39.6 Å². The van der Waals surface area contributed by atoms with Gasteiger partial charge in [0.05, 0.1) is 46.7 Å². The van der Waals surface area contributed by atoms with Gasteiger partial charge in [0.15, 0.2) is 0 Å². The average molecular weight is 555 g/mol. The molecule has 0 saturated carbocycles. The summed E-state index contributed by atoms with van der Waals surface area (Å²) >= 11 is 0. The molecule has 0 amide bonds. The molecule has 0 saturated heterocycles. The fraction of sp³-hybridized carbons (Fsp3) is 0.176. The van der Waals surface area contributed by atoms with Crippen molar-refractivity contribution in [2.24, 2.45) is 0 Å². The van der Waals surface area contributed by atoms with Crippen molar-refractivity contribution in [1.29, 1.82) is 0 Å². The Hall–Kier alpha value is -3.06. The fourth-order valence-electron chi connectivity index (χ4n) is 1.32. The zero-order valence-corrected chi connectivity index (χ0v) is 21.1. The Morgan fingerprint density at radius 3 is 1.06 bits per heavy atom. The summed E-state index contributed by atoms with van der Waals surface area (Å²) in [6.45, 7) is 2.99. The van der Waals surface area contributed by atoms with Gasteiger partial charge in [0, 0.05) is 0 Å². The zero-order chi connectivity index (χ0) is 22.6. The Balaban J connectivity index is -0.000000189. The molecule has 1 atom stereocenters. The summed E-state index contributed by atoms with van der Waals surface area (Å²) < 4.78 is 0. The van der Waals surface area contributed by atoms with Crippen molar-refractivity contribution in [1.82, 2.24) is 9.97 Å². The number of nitrogens with zero attached hydrogens (tertiary/aromatic N) is 2. The van der Waals surface area contributed by atoms with E-state index in [-0.39, 0.29) is 38.3 Å². The molecule has 32 heavy (non-hydrogen) atoms. The van der Waals surface area contributed by atoms with Gasteiger partial charge in [-0.15, -0.1) is 0 Å². The minimum Gasteiger partial charge on any atom is -0.543 e. The number of carbonyl (C=O) groups excluding carboxylic acids is 4. The van der Waals surface area contributed by atoms with Crippen molar-refractivity contribution in [3.05, 3.63) is 59.2 Å². The minimum absolute atomic E-state index is 0. The number of rotatable bonds is 5. The molecule has 15 heteroatoms. The quantitative estimate of drug-likeness (QED) is 0.328. The summed E-state index contributed by atoms with van der Waals surface area (Å²) in [6, 6.07) is 7.59. The van der Waals surface area contributed by atoms with Gasteiger partial charge in [-0.2, -0.15) is 0 Å². The van der Waals surface area contributed by atoms with E-state index in [1.165, 1.54) is 12.1 Å². The smallest absolute Gasteiger partial charge is 0.543 e. The Morgan fingerprint density at radius 1 is 0.750 bits per heavy atom. The summed E-state index contributed by atoms with van der Waals surface area (Å²) in [5, 5.41) is 40.8. The van der Waals surface area contributed by atoms with Crippen molar-refractivity contribution >= 4 is 23.9 Å². The SMILES string of the molecule is C[C@H]([NH3+])C[NH3+].O.O.O=C([O-])c1cccc(C(=O)[O-])n1.O=C([O-])c1cccc(C(=O)[O-])n1.[Cd+2]. The van der Waals surface area contributed by atoms with Gasteiger partial charge in [0.1, 0.15) is 12.6 Å². The summed E-state index contributed by atoms with van der Waals surface area (Å²) in [6.07, 6.45) is 0. The molecule has 172 valence electrons. The van der Waals surface area contributed by atoms with Gasteiger partial charge in [-0.3, -0.25) is 0 Å². The average Bonchev–Trinajstić information content (AvgIpc) is 2.69. The Labute approximate surface area is 201 Å². The predicted molar refractivity (Wildman–Crippen MR) is 93.1 cm³/mol. The molecule has 2 aromatic heterocycles. The van der Waals surface area contributed by atoms with E-state index in [0.717, 1.165) is 30.8 Å². The molecule has 0 fully saturated rings. The molecule has 10 N–H and O–H groups in total. The first kappa shape index (κ1) is 36.3. The van der Waals surface area contributed by atoms with E-state index >= 15 is 0 Å². The van der Waals surface area contributed by atoms with E-state index < -0.39 is 46.7 Å². The van der Waals surface area contributed by atoms with E-state index in [0.29, 0.717) is 6.04 Å². The Morgan fingerprint density at radius 2 is 0.938 bits per heavy atom. The molecule has 0 radical (unpaired) electrons. The van der Waals surface area contributed by atoms with Gasteiger partial charge < -0.3 is 62.0 Å². The molecule has 0 spiro atoms. The third kappa shape index (κ3) is 14.9. The third-order valence-electron chi connectivity index (χ3n) is 2.83. The topological polar surface area (TPSA) is 305 Å². The van der Waals surface area contributed by atoms with Crippen molar-refractivity contribution in [3.8, 4) is 0 Å². The number of carboxylic acids is 4. The molecule has 0 aromatic carbocycles. The predicted octanol–water partition coefficient (Wildman–Crippen LogP) is -8.18. The Bertz CT molecular complexity index is 754. The maximum Gasteiger partial charge on any atom is 2.00 e. The van der Waals surface area contributed by atoms with E-state index in [1.54, 1.807) is 0 Å². The second kappa shape index (κ2) is 18.7. The van der Waals surface area contributed by atoms with Gasteiger partial charge in [0.2, 0.25) is 0 Å². The Kier molecular flexibility index (Phi) is 21.2. The molecule has 2 aromatic rings. The standard InChI is InChI=1S/2C7H5NO4.C3H10N2.Cd.2H2O/c2*9-6(10)4-2-1-3-5(8-4)7(11)12;1-3(5)2-4;;;/h2*1-3H,(H,9,10)(H,11,12);3H,2,4-5H2,1H3;;2*1H2/q;;;+2;;/p-2/t;;3-;;;/m..0.../s1. The van der Waals surface area contributed by atoms with Crippen LogP contribution >= 0.6 is 0 Å². The van der Waals surface area contributed by atoms with Crippen molar-refractivity contribution in [2.75, 3.05) is 6.54 Å². The van der Waals surface area contributed by atoms with Crippen LogP contribution in [0.25, 0.3) is 0 Å². The van der Waals surface area contributed by atoms with E-state index in [1.807, 2.05) is 6.92 Å². The number of quaternary nitrogens is 2. The van der Waals surface area contributed by atoms with Crippen LogP contribution < -0.4 is 31.9 Å². The normalized spacial score (nSPS) is 9.34. The van der Waals surface area contributed by atoms with Crippen molar-refractivity contribution in [2.45, 2.75) is 13.0 Å². The van der Waals surface area contributed by atoms with Crippen molar-refractivity contribution in [3.63, 3.8) is 0 Å². The van der Waals surface area contributed by atoms with Crippen LogP contribution in [-0.2, 0) is 27.3 Å². The van der Waals surface area contributed by atoms with Crippen LogP contribution in [0, 0.1) is 0 Å². The maximum atomic E-state index is 10.2. The molecular formula is C17H22CdN4O10. The van der Waals surface area contributed by atoms with Gasteiger partial charge in [-0.05, 0) is 31.2 Å². The summed E-state index contributed by atoms with van der Waals surface area (Å²) in [5.74, 6) is -6.06. The second-order valence-electron chi connectivity index (χ2n) is 5.36. The van der Waals surface area contributed by atoms with Gasteiger partial charge in [-0.1, -0.05) is 12.1 Å². The molecule has 2 heterocycles. The van der Waals surface area contributed by atoms with Gasteiger partial charge in [0.25, 0.3) is 0 Å². The first-order chi connectivity index (χ1) is 13.5. The van der Waals surface area contributed by atoms with Crippen LogP contribution in [0.3, 0.4) is 0 Å². The van der Waals surface area contributed by atoms with Crippen LogP contribution in [-0.4, -0.2) is 57.4 Å². The fourth-order valence-corrected chi connectivity index (χ4v) is 1.32. The number of aromatic carboxylic acids is 4. The molecule has 14 nitrogen and oxygen atoms in total. The van der Waals surface area contributed by atoms with E-state index in [4.69, 9.17) is 0 Å². The van der Waals surface area contributed by atoms with Crippen molar-refractivity contribution < 1.29 is 89.3 Å². The van der Waals surface area contributed by atoms with Crippen LogP contribution in [0.15, 0.2) is 36.4 Å². The third-order valence-corrected chi connectivity index (χ3v) is 2.83. The number of aromatic nitrogens is 2. The van der Waals surface area contributed by atoms with Crippen LogP contribution in [0.5, 0.6) is 0 Å². The minimum atomic E-state index is -1.52. The number of carbonyl (C=O) groups is 4. The number of pyridine rings is 2. The molecular weight excluding hydrogens is 533 g/mol. The molecule has 0 aliphatic heterocycles. The summed E-state index contributed by atoms with van der Waals surface area (Å²) in [4.78, 5) is 47.3.